The lowest BCUT2D eigenvalue weighted by Gasteiger charge is -2.21. The summed E-state index contributed by atoms with van der Waals surface area (Å²) < 4.78 is 11.4. The van der Waals surface area contributed by atoms with Crippen LogP contribution in [0.1, 0.15) is 101 Å². The molecular weight excluding hydrogens is 496 g/mol. The van der Waals surface area contributed by atoms with Crippen LogP contribution in [0.2, 0.25) is 0 Å². The lowest BCUT2D eigenvalue weighted by Crippen LogP contribution is -2.31. The van der Waals surface area contributed by atoms with E-state index in [9.17, 15) is 19.2 Å². The third-order valence-corrected chi connectivity index (χ3v) is 5.37. The Labute approximate surface area is 236 Å². The highest BCUT2D eigenvalue weighted by atomic mass is 16.6. The third-order valence-electron chi connectivity index (χ3n) is 5.37. The van der Waals surface area contributed by atoms with Crippen molar-refractivity contribution in [2.24, 2.45) is 16.6 Å². The van der Waals surface area contributed by atoms with Gasteiger partial charge in [0, 0.05) is 24.5 Å². The van der Waals surface area contributed by atoms with Gasteiger partial charge in [0.1, 0.15) is 17.9 Å². The monoisotopic (exact) mass is 548 g/mol. The number of hydrogen-bond acceptors (Lipinski definition) is 6. The second-order valence-electron chi connectivity index (χ2n) is 8.66. The molecule has 0 aromatic heterocycles. The number of allylic oxidation sites excluding steroid dienone is 4. The number of amides is 1. The fraction of sp³-hybridized carbons (Fsp3) is 0.613. The number of carbonyl (C=O) groups excluding carboxylic acids is 4. The number of ether oxygens (including phenoxy) is 2. The molecule has 0 saturated carbocycles. The molecule has 1 saturated heterocycles. The van der Waals surface area contributed by atoms with Crippen molar-refractivity contribution in [1.29, 1.82) is 0 Å². The largest absolute Gasteiger partial charge is 0.456 e. The van der Waals surface area contributed by atoms with Crippen LogP contribution in [-0.2, 0) is 28.7 Å². The SMILES string of the molecule is C/C=C\C(N)=NC(=O)CCC.C=C(C)C(C)=O.CC.CCCCC1OC(C)C(OC(=O)/C=C\C=C=O)C1CC. The van der Waals surface area contributed by atoms with Crippen LogP contribution in [0.15, 0.2) is 47.5 Å². The number of amidine groups is 1. The molecule has 0 bridgehead atoms. The lowest BCUT2D eigenvalue weighted by molar-refractivity contribution is -0.146. The van der Waals surface area contributed by atoms with Crippen LogP contribution >= 0.6 is 0 Å². The Kier molecular flexibility index (Phi) is 27.5. The fourth-order valence-electron chi connectivity index (χ4n) is 3.34. The molecule has 4 atom stereocenters. The summed E-state index contributed by atoms with van der Waals surface area (Å²) in [5.41, 5.74) is 5.98. The van der Waals surface area contributed by atoms with E-state index in [0.29, 0.717) is 12.0 Å². The summed E-state index contributed by atoms with van der Waals surface area (Å²) in [6.45, 7) is 20.6. The molecule has 1 amide bonds. The highest BCUT2D eigenvalue weighted by Crippen LogP contribution is 2.34. The van der Waals surface area contributed by atoms with Crippen LogP contribution in [0.5, 0.6) is 0 Å². The minimum absolute atomic E-state index is 0.0648. The second-order valence-corrected chi connectivity index (χ2v) is 8.66. The van der Waals surface area contributed by atoms with E-state index in [-0.39, 0.29) is 41.8 Å². The van der Waals surface area contributed by atoms with Crippen LogP contribution in [0.25, 0.3) is 0 Å². The summed E-state index contributed by atoms with van der Waals surface area (Å²) in [4.78, 5) is 46.2. The highest BCUT2D eigenvalue weighted by Gasteiger charge is 2.42. The molecule has 2 N–H and O–H groups in total. The van der Waals surface area contributed by atoms with Crippen molar-refractivity contribution in [3.8, 4) is 0 Å². The van der Waals surface area contributed by atoms with E-state index < -0.39 is 5.97 Å². The zero-order chi connectivity index (χ0) is 30.8. The van der Waals surface area contributed by atoms with Crippen molar-refractivity contribution >= 4 is 29.4 Å². The van der Waals surface area contributed by atoms with Gasteiger partial charge in [-0.15, -0.1) is 0 Å². The van der Waals surface area contributed by atoms with E-state index in [1.54, 1.807) is 25.0 Å². The molecule has 0 aromatic rings. The maximum Gasteiger partial charge on any atom is 0.331 e. The van der Waals surface area contributed by atoms with Crippen molar-refractivity contribution < 1.29 is 28.7 Å². The number of hydrogen-bond donors (Lipinski definition) is 1. The summed E-state index contributed by atoms with van der Waals surface area (Å²) >= 11 is 0. The Morgan fingerprint density at radius 1 is 1.10 bits per heavy atom. The van der Waals surface area contributed by atoms with Gasteiger partial charge >= 0.3 is 5.97 Å². The molecule has 39 heavy (non-hydrogen) atoms. The van der Waals surface area contributed by atoms with Crippen LogP contribution < -0.4 is 5.73 Å². The number of unbranched alkanes of at least 4 members (excludes halogenated alkanes) is 1. The topological polar surface area (TPSA) is 125 Å². The van der Waals surface area contributed by atoms with Gasteiger partial charge in [-0.2, -0.15) is 4.99 Å². The molecule has 0 aliphatic carbocycles. The minimum atomic E-state index is -0.438. The predicted octanol–water partition coefficient (Wildman–Crippen LogP) is 6.27. The van der Waals surface area contributed by atoms with Crippen LogP contribution in [0.4, 0.5) is 0 Å². The van der Waals surface area contributed by atoms with Crippen molar-refractivity contribution in [2.45, 2.75) is 119 Å². The molecule has 1 rings (SSSR count). The van der Waals surface area contributed by atoms with Gasteiger partial charge in [-0.3, -0.25) is 9.59 Å². The molecule has 0 radical (unpaired) electrons. The molecule has 8 heteroatoms. The first-order valence-corrected chi connectivity index (χ1v) is 13.9. The number of aliphatic imine (C=N–C) groups is 1. The van der Waals surface area contributed by atoms with Crippen molar-refractivity contribution in [3.63, 3.8) is 0 Å². The van der Waals surface area contributed by atoms with Crippen LogP contribution in [-0.4, -0.2) is 47.7 Å². The van der Waals surface area contributed by atoms with Crippen LogP contribution in [0, 0.1) is 5.92 Å². The number of esters is 1. The van der Waals surface area contributed by atoms with Gasteiger partial charge in [-0.1, -0.05) is 60.1 Å². The van der Waals surface area contributed by atoms with E-state index >= 15 is 0 Å². The Balaban J connectivity index is -0.000000572. The van der Waals surface area contributed by atoms with Gasteiger partial charge < -0.3 is 15.2 Å². The smallest absolute Gasteiger partial charge is 0.331 e. The summed E-state index contributed by atoms with van der Waals surface area (Å²) in [7, 11) is 0. The van der Waals surface area contributed by atoms with Crippen molar-refractivity contribution in [3.05, 3.63) is 42.5 Å². The van der Waals surface area contributed by atoms with Gasteiger partial charge in [-0.25, -0.2) is 9.59 Å². The highest BCUT2D eigenvalue weighted by molar-refractivity contribution is 5.99. The van der Waals surface area contributed by atoms with E-state index in [1.807, 2.05) is 34.6 Å². The second kappa shape index (κ2) is 26.5. The van der Waals surface area contributed by atoms with Crippen LogP contribution in [0.3, 0.4) is 0 Å². The van der Waals surface area contributed by atoms with Crippen molar-refractivity contribution in [2.75, 3.05) is 0 Å². The normalized spacial score (nSPS) is 19.9. The Bertz CT molecular complexity index is 841. The number of ketones is 1. The van der Waals surface area contributed by atoms with Gasteiger partial charge in [-0.05, 0) is 64.7 Å². The first-order chi connectivity index (χ1) is 18.5. The molecule has 4 unspecified atom stereocenters. The van der Waals surface area contributed by atoms with Gasteiger partial charge in [0.15, 0.2) is 5.78 Å². The van der Waals surface area contributed by atoms with E-state index in [1.165, 1.54) is 19.1 Å². The molecule has 1 aliphatic heterocycles. The Hall–Kier alpha value is -3.09. The molecule has 0 spiro atoms. The van der Waals surface area contributed by atoms with Gasteiger partial charge in [0.2, 0.25) is 5.91 Å². The van der Waals surface area contributed by atoms with E-state index in [2.05, 4.69) is 25.4 Å². The van der Waals surface area contributed by atoms with Crippen molar-refractivity contribution in [1.82, 2.24) is 0 Å². The molecule has 1 aliphatic rings. The molecule has 8 nitrogen and oxygen atoms in total. The lowest BCUT2D eigenvalue weighted by atomic mass is 9.91. The number of nitrogens with zero attached hydrogens (tertiary/aromatic N) is 1. The summed E-state index contributed by atoms with van der Waals surface area (Å²) in [5.74, 6) is 1.59. The van der Waals surface area contributed by atoms with Gasteiger partial charge in [0.05, 0.1) is 12.2 Å². The average Bonchev–Trinajstić information content (AvgIpc) is 3.18. The molecule has 1 heterocycles. The molecule has 1 fully saturated rings. The Morgan fingerprint density at radius 2 is 1.69 bits per heavy atom. The summed E-state index contributed by atoms with van der Waals surface area (Å²) in [6, 6.07) is 0. The maximum absolute atomic E-state index is 11.7. The number of Topliss-reactive ketones (excluding diaryl/α,β-unsaturated/α-hetero) is 1. The summed E-state index contributed by atoms with van der Waals surface area (Å²) in [5, 5.41) is 0. The minimum Gasteiger partial charge on any atom is -0.456 e. The number of rotatable bonds is 11. The Morgan fingerprint density at radius 3 is 2.13 bits per heavy atom. The number of nitrogens with two attached hydrogens (primary N) is 1. The molecule has 222 valence electrons. The fourth-order valence-corrected chi connectivity index (χ4v) is 3.34. The van der Waals surface area contributed by atoms with Gasteiger partial charge in [0.25, 0.3) is 0 Å². The average molecular weight is 549 g/mol. The predicted molar refractivity (Wildman–Crippen MR) is 160 cm³/mol. The number of carbonyl (C=O) groups is 3. The zero-order valence-corrected chi connectivity index (χ0v) is 25.6. The summed E-state index contributed by atoms with van der Waals surface area (Å²) in [6.07, 6.45) is 12.4. The maximum atomic E-state index is 11.7. The van der Waals surface area contributed by atoms with E-state index in [0.717, 1.165) is 38.2 Å². The molecule has 0 aromatic carbocycles. The first-order valence-electron chi connectivity index (χ1n) is 13.9. The first kappa shape index (κ1) is 40.4. The third kappa shape index (κ3) is 21.5. The molecular formula is C31H52N2O6. The quantitative estimate of drug-likeness (QED) is 0.0805. The van der Waals surface area contributed by atoms with E-state index in [4.69, 9.17) is 15.2 Å². The zero-order valence-electron chi connectivity index (χ0n) is 25.6. The standard InChI is InChI=1S/C16H24O4.C8H14N2O.C5H8O.C2H6/c1-4-6-9-14-13(5-2)16(12(3)19-14)20-15(18)10-7-8-11-17;1-3-5-7(9)10-8(11)6-4-2;1-4(2)5(3)6;1-2/h7-8,10,12-14,16H,4-6,9H2,1-3H3;3,5H,4,6H2,1-2H3,(H2,9,10,11);1H2,2-3H3;1-2H3/b10-7-;5-3-;;.